The monoisotopic (exact) mass is 272 g/mol. The molecule has 4 heteroatoms. The molecule has 2 heterocycles. The Morgan fingerprint density at radius 3 is 2.80 bits per heavy atom. The van der Waals surface area contributed by atoms with Gasteiger partial charge in [0.25, 0.3) is 5.91 Å². The second-order valence-electron chi connectivity index (χ2n) is 5.74. The standard InChI is InChI=1S/C16H20N2O2/c19-15-9-5-6-12(15)14-8-2-4-11-18(14)16(20)13-7-1-3-10-17-13/h1,3,7,10,12,14H,2,4-6,8-9,11H2. The van der Waals surface area contributed by atoms with Crippen LogP contribution in [0, 0.1) is 5.92 Å². The lowest BCUT2D eigenvalue weighted by Gasteiger charge is -2.38. The van der Waals surface area contributed by atoms with Crippen LogP contribution in [0.2, 0.25) is 0 Å². The van der Waals surface area contributed by atoms with Gasteiger partial charge < -0.3 is 4.90 Å². The molecule has 2 unspecified atom stereocenters. The van der Waals surface area contributed by atoms with Gasteiger partial charge in [0.15, 0.2) is 0 Å². The van der Waals surface area contributed by atoms with Gasteiger partial charge in [-0.15, -0.1) is 0 Å². The minimum Gasteiger partial charge on any atom is -0.334 e. The Balaban J connectivity index is 1.82. The molecule has 1 aromatic heterocycles. The molecule has 1 aliphatic heterocycles. The lowest BCUT2D eigenvalue weighted by Crippen LogP contribution is -2.48. The molecule has 0 spiro atoms. The molecule has 0 bridgehead atoms. The predicted octanol–water partition coefficient (Wildman–Crippen LogP) is 2.45. The summed E-state index contributed by atoms with van der Waals surface area (Å²) in [6.07, 6.45) is 7.34. The van der Waals surface area contributed by atoms with Gasteiger partial charge in [-0.1, -0.05) is 6.07 Å². The number of likely N-dealkylation sites (tertiary alicyclic amines) is 1. The van der Waals surface area contributed by atoms with Gasteiger partial charge in [-0.2, -0.15) is 0 Å². The zero-order valence-corrected chi connectivity index (χ0v) is 11.6. The largest absolute Gasteiger partial charge is 0.334 e. The highest BCUT2D eigenvalue weighted by molar-refractivity contribution is 5.93. The number of Topliss-reactive ketones (excluding diaryl/α,β-unsaturated/α-hetero) is 1. The number of ketones is 1. The first-order valence-corrected chi connectivity index (χ1v) is 7.52. The van der Waals surface area contributed by atoms with E-state index in [2.05, 4.69) is 4.98 Å². The summed E-state index contributed by atoms with van der Waals surface area (Å²) in [6, 6.07) is 5.49. The van der Waals surface area contributed by atoms with Gasteiger partial charge >= 0.3 is 0 Å². The summed E-state index contributed by atoms with van der Waals surface area (Å²) >= 11 is 0. The Hall–Kier alpha value is -1.71. The van der Waals surface area contributed by atoms with E-state index in [9.17, 15) is 9.59 Å². The average Bonchev–Trinajstić information content (AvgIpc) is 2.93. The van der Waals surface area contributed by atoms with Crippen molar-refractivity contribution in [3.63, 3.8) is 0 Å². The van der Waals surface area contributed by atoms with Crippen molar-refractivity contribution in [3.05, 3.63) is 30.1 Å². The van der Waals surface area contributed by atoms with Crippen molar-refractivity contribution < 1.29 is 9.59 Å². The van der Waals surface area contributed by atoms with Crippen LogP contribution in [0.15, 0.2) is 24.4 Å². The summed E-state index contributed by atoms with van der Waals surface area (Å²) in [5.74, 6) is 0.383. The van der Waals surface area contributed by atoms with Crippen LogP contribution in [0.5, 0.6) is 0 Å². The number of nitrogens with zero attached hydrogens (tertiary/aromatic N) is 2. The molecule has 0 radical (unpaired) electrons. The molecule has 0 N–H and O–H groups in total. The highest BCUT2D eigenvalue weighted by Gasteiger charge is 2.39. The van der Waals surface area contributed by atoms with E-state index in [1.165, 1.54) is 0 Å². The number of carbonyl (C=O) groups excluding carboxylic acids is 2. The lowest BCUT2D eigenvalue weighted by atomic mass is 9.88. The van der Waals surface area contributed by atoms with Gasteiger partial charge in [0.2, 0.25) is 0 Å². The van der Waals surface area contributed by atoms with E-state index in [0.29, 0.717) is 17.9 Å². The highest BCUT2D eigenvalue weighted by Crippen LogP contribution is 2.33. The molecular formula is C16H20N2O2. The molecule has 4 nitrogen and oxygen atoms in total. The Labute approximate surface area is 119 Å². The van der Waals surface area contributed by atoms with E-state index in [4.69, 9.17) is 0 Å². The molecule has 2 fully saturated rings. The molecular weight excluding hydrogens is 252 g/mol. The molecule has 1 amide bonds. The molecule has 1 aliphatic carbocycles. The van der Waals surface area contributed by atoms with Crippen LogP contribution in [0.4, 0.5) is 0 Å². The second kappa shape index (κ2) is 5.73. The topological polar surface area (TPSA) is 50.3 Å². The van der Waals surface area contributed by atoms with Gasteiger partial charge in [0, 0.05) is 31.1 Å². The lowest BCUT2D eigenvalue weighted by molar-refractivity contribution is -0.122. The summed E-state index contributed by atoms with van der Waals surface area (Å²) in [6.45, 7) is 0.754. The molecule has 1 saturated carbocycles. The third-order valence-corrected chi connectivity index (χ3v) is 4.51. The average molecular weight is 272 g/mol. The van der Waals surface area contributed by atoms with Gasteiger partial charge in [-0.25, -0.2) is 0 Å². The molecule has 106 valence electrons. The van der Waals surface area contributed by atoms with Gasteiger partial charge in [0.1, 0.15) is 11.5 Å². The number of rotatable bonds is 2. The minimum atomic E-state index is -0.0185. The quantitative estimate of drug-likeness (QED) is 0.831. The van der Waals surface area contributed by atoms with E-state index < -0.39 is 0 Å². The minimum absolute atomic E-state index is 0.0185. The maximum Gasteiger partial charge on any atom is 0.272 e. The number of hydrogen-bond donors (Lipinski definition) is 0. The van der Waals surface area contributed by atoms with Crippen molar-refractivity contribution >= 4 is 11.7 Å². The highest BCUT2D eigenvalue weighted by atomic mass is 16.2. The van der Waals surface area contributed by atoms with Crippen molar-refractivity contribution in [2.24, 2.45) is 5.92 Å². The fraction of sp³-hybridized carbons (Fsp3) is 0.562. The smallest absolute Gasteiger partial charge is 0.272 e. The normalized spacial score (nSPS) is 26.8. The van der Waals surface area contributed by atoms with Crippen LogP contribution in [-0.4, -0.2) is 34.2 Å². The van der Waals surface area contributed by atoms with Crippen LogP contribution < -0.4 is 0 Å². The SMILES string of the molecule is O=C1CCCC1C1CCCCN1C(=O)c1ccccn1. The number of pyridine rings is 1. The zero-order chi connectivity index (χ0) is 13.9. The summed E-state index contributed by atoms with van der Waals surface area (Å²) in [5.41, 5.74) is 0.491. The van der Waals surface area contributed by atoms with Crippen LogP contribution in [-0.2, 0) is 4.79 Å². The third kappa shape index (κ3) is 2.47. The maximum atomic E-state index is 12.6. The number of aromatic nitrogens is 1. The van der Waals surface area contributed by atoms with Crippen LogP contribution >= 0.6 is 0 Å². The second-order valence-corrected chi connectivity index (χ2v) is 5.74. The van der Waals surface area contributed by atoms with Crippen molar-refractivity contribution in [2.75, 3.05) is 6.54 Å². The van der Waals surface area contributed by atoms with E-state index in [-0.39, 0.29) is 17.9 Å². The van der Waals surface area contributed by atoms with Crippen LogP contribution in [0.3, 0.4) is 0 Å². The van der Waals surface area contributed by atoms with Crippen LogP contribution in [0.25, 0.3) is 0 Å². The van der Waals surface area contributed by atoms with Gasteiger partial charge in [-0.3, -0.25) is 14.6 Å². The van der Waals surface area contributed by atoms with Gasteiger partial charge in [-0.05, 0) is 44.2 Å². The molecule has 2 aliphatic rings. The van der Waals surface area contributed by atoms with Crippen molar-refractivity contribution in [2.45, 2.75) is 44.6 Å². The summed E-state index contributed by atoms with van der Waals surface area (Å²) in [7, 11) is 0. The number of carbonyl (C=O) groups is 2. The first-order chi connectivity index (χ1) is 9.77. The third-order valence-electron chi connectivity index (χ3n) is 4.51. The van der Waals surface area contributed by atoms with E-state index in [0.717, 1.165) is 38.6 Å². The molecule has 0 aromatic carbocycles. The van der Waals surface area contributed by atoms with Crippen LogP contribution in [0.1, 0.15) is 49.0 Å². The Morgan fingerprint density at radius 2 is 2.10 bits per heavy atom. The van der Waals surface area contributed by atoms with E-state index in [1.54, 1.807) is 12.3 Å². The molecule has 20 heavy (non-hydrogen) atoms. The summed E-state index contributed by atoms with van der Waals surface area (Å²) in [4.78, 5) is 30.7. The summed E-state index contributed by atoms with van der Waals surface area (Å²) in [5, 5.41) is 0. The summed E-state index contributed by atoms with van der Waals surface area (Å²) < 4.78 is 0. The molecule has 3 rings (SSSR count). The maximum absolute atomic E-state index is 12.6. The van der Waals surface area contributed by atoms with E-state index >= 15 is 0 Å². The number of amides is 1. The fourth-order valence-corrected chi connectivity index (χ4v) is 3.51. The zero-order valence-electron chi connectivity index (χ0n) is 11.6. The molecule has 1 saturated heterocycles. The van der Waals surface area contributed by atoms with E-state index in [1.807, 2.05) is 17.0 Å². The first kappa shape index (κ1) is 13.3. The molecule has 1 aromatic rings. The predicted molar refractivity (Wildman–Crippen MR) is 75.3 cm³/mol. The Bertz CT molecular complexity index is 500. The van der Waals surface area contributed by atoms with Crippen molar-refractivity contribution in [1.82, 2.24) is 9.88 Å². The number of hydrogen-bond acceptors (Lipinski definition) is 3. The van der Waals surface area contributed by atoms with Gasteiger partial charge in [0.05, 0.1) is 0 Å². The Morgan fingerprint density at radius 1 is 1.20 bits per heavy atom. The molecule has 2 atom stereocenters. The van der Waals surface area contributed by atoms with Crippen molar-refractivity contribution in [1.29, 1.82) is 0 Å². The Kier molecular flexibility index (Phi) is 3.81. The van der Waals surface area contributed by atoms with Crippen molar-refractivity contribution in [3.8, 4) is 0 Å². The number of piperidine rings is 1. The first-order valence-electron chi connectivity index (χ1n) is 7.52. The fourth-order valence-electron chi connectivity index (χ4n) is 3.51.